The number of nitrogens with one attached hydrogen (secondary N) is 1. The molecule has 1 aromatic rings. The molecule has 1 aliphatic heterocycles. The van der Waals surface area contributed by atoms with Crippen LogP contribution in [0.15, 0.2) is 47.7 Å². The fourth-order valence-electron chi connectivity index (χ4n) is 2.73. The lowest BCUT2D eigenvalue weighted by Crippen LogP contribution is -2.46. The summed E-state index contributed by atoms with van der Waals surface area (Å²) in [7, 11) is 1.92. The highest BCUT2D eigenvalue weighted by Gasteiger charge is 2.26. The van der Waals surface area contributed by atoms with Gasteiger partial charge in [-0.3, -0.25) is 9.59 Å². The Morgan fingerprint density at radius 2 is 2.04 bits per heavy atom. The molecular formula is C21H24ClN3O2. The molecule has 0 aromatic heterocycles. The average molecular weight is 386 g/mol. The van der Waals surface area contributed by atoms with Crippen molar-refractivity contribution in [2.75, 3.05) is 32.0 Å². The zero-order chi connectivity index (χ0) is 19.8. The van der Waals surface area contributed by atoms with Crippen molar-refractivity contribution in [1.29, 1.82) is 0 Å². The molecule has 0 bridgehead atoms. The van der Waals surface area contributed by atoms with Gasteiger partial charge in [0.2, 0.25) is 0 Å². The number of carbonyl (C=O) groups excluding carboxylic acids is 2. The second-order valence-corrected chi connectivity index (χ2v) is 6.54. The number of hydrogen-bond acceptors (Lipinski definition) is 3. The van der Waals surface area contributed by atoms with Gasteiger partial charge in [0.05, 0.1) is 22.8 Å². The standard InChI is InChI=1S/C21H24ClN3O2/c1-4-6-10-16(21(27)23-18-12-8-7-11-17(18)22)19-15-25(14-13-24(19)3)20(26)9-5-2/h6-8,10-12H,4,13-15H2,1-3H3,(H,23,27)/b10-6+,19-16+. The number of rotatable bonds is 4. The van der Waals surface area contributed by atoms with Gasteiger partial charge in [0.25, 0.3) is 11.8 Å². The SMILES string of the molecule is CC#CC(=O)N1CCN(C)/C(=C(\C=C\CC)C(=O)Nc2ccccc2Cl)C1. The number of halogens is 1. The summed E-state index contributed by atoms with van der Waals surface area (Å²) in [5.74, 6) is 4.72. The summed E-state index contributed by atoms with van der Waals surface area (Å²) in [6.45, 7) is 5.18. The van der Waals surface area contributed by atoms with Crippen molar-refractivity contribution in [3.8, 4) is 11.8 Å². The minimum Gasteiger partial charge on any atom is -0.374 e. The van der Waals surface area contributed by atoms with E-state index in [1.54, 1.807) is 30.0 Å². The van der Waals surface area contributed by atoms with E-state index in [-0.39, 0.29) is 11.8 Å². The Kier molecular flexibility index (Phi) is 7.51. The number of anilines is 1. The number of carbonyl (C=O) groups is 2. The highest BCUT2D eigenvalue weighted by atomic mass is 35.5. The maximum absolute atomic E-state index is 13.0. The number of allylic oxidation sites excluding steroid dienone is 1. The molecule has 5 nitrogen and oxygen atoms in total. The summed E-state index contributed by atoms with van der Waals surface area (Å²) < 4.78 is 0. The molecule has 2 amide bonds. The van der Waals surface area contributed by atoms with Crippen molar-refractivity contribution < 1.29 is 9.59 Å². The number of hydrogen-bond donors (Lipinski definition) is 1. The number of nitrogens with zero attached hydrogens (tertiary/aromatic N) is 2. The van der Waals surface area contributed by atoms with Crippen molar-refractivity contribution in [3.63, 3.8) is 0 Å². The molecule has 0 radical (unpaired) electrons. The van der Waals surface area contributed by atoms with E-state index in [2.05, 4.69) is 17.2 Å². The molecule has 142 valence electrons. The van der Waals surface area contributed by atoms with Crippen molar-refractivity contribution in [2.45, 2.75) is 20.3 Å². The lowest BCUT2D eigenvalue weighted by Gasteiger charge is -2.36. The number of para-hydroxylation sites is 1. The lowest BCUT2D eigenvalue weighted by molar-refractivity contribution is -0.126. The maximum atomic E-state index is 13.0. The van der Waals surface area contributed by atoms with Crippen molar-refractivity contribution in [3.05, 3.63) is 52.7 Å². The highest BCUT2D eigenvalue weighted by Crippen LogP contribution is 2.23. The molecule has 0 spiro atoms. The fraction of sp³-hybridized carbons (Fsp3) is 0.333. The third-order valence-corrected chi connectivity index (χ3v) is 4.55. The first-order valence-electron chi connectivity index (χ1n) is 8.86. The molecule has 1 aliphatic rings. The molecule has 0 unspecified atom stereocenters. The first-order valence-corrected chi connectivity index (χ1v) is 9.24. The van der Waals surface area contributed by atoms with Crippen molar-refractivity contribution in [1.82, 2.24) is 9.80 Å². The Balaban J connectivity index is 2.37. The van der Waals surface area contributed by atoms with Crippen LogP contribution in [-0.2, 0) is 9.59 Å². The fourth-order valence-corrected chi connectivity index (χ4v) is 2.91. The van der Waals surface area contributed by atoms with Gasteiger partial charge in [0.15, 0.2) is 0 Å². The predicted octanol–water partition coefficient (Wildman–Crippen LogP) is 3.30. The molecule has 1 heterocycles. The topological polar surface area (TPSA) is 52.7 Å². The van der Waals surface area contributed by atoms with Crippen LogP contribution >= 0.6 is 11.6 Å². The molecule has 1 N–H and O–H groups in total. The Labute approximate surface area is 165 Å². The van der Waals surface area contributed by atoms with Crippen molar-refractivity contribution in [2.24, 2.45) is 0 Å². The smallest absolute Gasteiger partial charge is 0.298 e. The summed E-state index contributed by atoms with van der Waals surface area (Å²) in [5.41, 5.74) is 1.85. The number of amides is 2. The van der Waals surface area contributed by atoms with Crippen LogP contribution in [0.25, 0.3) is 0 Å². The van der Waals surface area contributed by atoms with Gasteiger partial charge < -0.3 is 15.1 Å². The molecule has 1 aromatic carbocycles. The normalized spacial score (nSPS) is 16.0. The molecule has 0 aliphatic carbocycles. The minimum atomic E-state index is -0.259. The summed E-state index contributed by atoms with van der Waals surface area (Å²) in [6, 6.07) is 7.10. The molecule has 6 heteroatoms. The largest absolute Gasteiger partial charge is 0.374 e. The van der Waals surface area contributed by atoms with Crippen molar-refractivity contribution >= 4 is 29.1 Å². The van der Waals surface area contributed by atoms with E-state index in [1.807, 2.05) is 37.1 Å². The summed E-state index contributed by atoms with van der Waals surface area (Å²) in [4.78, 5) is 28.8. The average Bonchev–Trinajstić information content (AvgIpc) is 2.65. The molecule has 0 saturated carbocycles. The van der Waals surface area contributed by atoms with Gasteiger partial charge in [0.1, 0.15) is 0 Å². The van der Waals surface area contributed by atoms with E-state index in [0.717, 1.165) is 12.1 Å². The first-order chi connectivity index (χ1) is 13.0. The number of benzene rings is 1. The van der Waals surface area contributed by atoms with E-state index in [9.17, 15) is 9.59 Å². The Morgan fingerprint density at radius 1 is 1.30 bits per heavy atom. The van der Waals surface area contributed by atoms with Crippen LogP contribution in [0, 0.1) is 11.8 Å². The van der Waals surface area contributed by atoms with E-state index in [0.29, 0.717) is 35.9 Å². The van der Waals surface area contributed by atoms with E-state index < -0.39 is 0 Å². The van der Waals surface area contributed by atoms with E-state index >= 15 is 0 Å². The third-order valence-electron chi connectivity index (χ3n) is 4.22. The van der Waals surface area contributed by atoms with Gasteiger partial charge in [0, 0.05) is 25.8 Å². The van der Waals surface area contributed by atoms with Crippen LogP contribution in [0.4, 0.5) is 5.69 Å². The van der Waals surface area contributed by atoms with Gasteiger partial charge >= 0.3 is 0 Å². The monoisotopic (exact) mass is 385 g/mol. The van der Waals surface area contributed by atoms with Crippen LogP contribution in [-0.4, -0.2) is 48.3 Å². The highest BCUT2D eigenvalue weighted by molar-refractivity contribution is 6.33. The van der Waals surface area contributed by atoms with E-state index in [1.165, 1.54) is 0 Å². The molecular weight excluding hydrogens is 362 g/mol. The second-order valence-electron chi connectivity index (χ2n) is 6.13. The molecule has 1 fully saturated rings. The van der Waals surface area contributed by atoms with Crippen LogP contribution in [0.5, 0.6) is 0 Å². The molecule has 1 saturated heterocycles. The second kappa shape index (κ2) is 9.84. The van der Waals surface area contributed by atoms with Crippen LogP contribution in [0.1, 0.15) is 20.3 Å². The van der Waals surface area contributed by atoms with Crippen LogP contribution in [0.2, 0.25) is 5.02 Å². The Morgan fingerprint density at radius 3 is 2.70 bits per heavy atom. The summed E-state index contributed by atoms with van der Waals surface area (Å²) in [6.07, 6.45) is 4.52. The van der Waals surface area contributed by atoms with Gasteiger partial charge in [-0.05, 0) is 31.4 Å². The quantitative estimate of drug-likeness (QED) is 0.639. The van der Waals surface area contributed by atoms with Crippen LogP contribution in [0.3, 0.4) is 0 Å². The zero-order valence-corrected chi connectivity index (χ0v) is 16.6. The van der Waals surface area contributed by atoms with Gasteiger partial charge in [-0.15, -0.1) is 0 Å². The van der Waals surface area contributed by atoms with Gasteiger partial charge in [-0.2, -0.15) is 0 Å². The Bertz CT molecular complexity index is 833. The first kappa shape index (κ1) is 20.6. The molecule has 0 atom stereocenters. The summed E-state index contributed by atoms with van der Waals surface area (Å²) in [5, 5.41) is 3.34. The predicted molar refractivity (Wildman–Crippen MR) is 109 cm³/mol. The maximum Gasteiger partial charge on any atom is 0.298 e. The van der Waals surface area contributed by atoms with E-state index in [4.69, 9.17) is 11.6 Å². The summed E-state index contributed by atoms with van der Waals surface area (Å²) >= 11 is 6.16. The van der Waals surface area contributed by atoms with Crippen LogP contribution < -0.4 is 5.32 Å². The third kappa shape index (κ3) is 5.38. The van der Waals surface area contributed by atoms with Gasteiger partial charge in [-0.1, -0.05) is 48.7 Å². The molecule has 2 rings (SSSR count). The zero-order valence-electron chi connectivity index (χ0n) is 15.9. The van der Waals surface area contributed by atoms with Gasteiger partial charge in [-0.25, -0.2) is 0 Å². The number of piperazine rings is 1. The lowest BCUT2D eigenvalue weighted by atomic mass is 10.1. The number of likely N-dealkylation sites (N-methyl/N-ethyl adjacent to an activating group) is 1. The Hall–Kier alpha value is -2.71. The molecule has 27 heavy (non-hydrogen) atoms. The minimum absolute atomic E-state index is 0.228.